The molecule has 0 saturated carbocycles. The van der Waals surface area contributed by atoms with Crippen LogP contribution in [-0.4, -0.2) is 24.3 Å². The summed E-state index contributed by atoms with van der Waals surface area (Å²) in [5, 5.41) is 7.81. The Labute approximate surface area is 112 Å². The van der Waals surface area contributed by atoms with E-state index in [4.69, 9.17) is 4.42 Å². The Morgan fingerprint density at radius 2 is 1.85 bits per heavy atom. The molecule has 8 nitrogen and oxygen atoms in total. The van der Waals surface area contributed by atoms with Crippen LogP contribution in [-0.2, 0) is 14.1 Å². The number of hydrogen-bond acceptors (Lipinski definition) is 6. The second-order valence-corrected chi connectivity index (χ2v) is 4.42. The maximum absolute atomic E-state index is 12.1. The van der Waals surface area contributed by atoms with Crippen molar-refractivity contribution in [1.82, 2.24) is 24.3 Å². The van der Waals surface area contributed by atoms with Crippen molar-refractivity contribution in [2.75, 3.05) is 0 Å². The average molecular weight is 273 g/mol. The van der Waals surface area contributed by atoms with Crippen molar-refractivity contribution >= 4 is 11.2 Å². The molecule has 0 N–H and O–H groups in total. The van der Waals surface area contributed by atoms with E-state index in [-0.39, 0.29) is 17.0 Å². The maximum atomic E-state index is 12.1. The summed E-state index contributed by atoms with van der Waals surface area (Å²) in [6.07, 6.45) is 0. The first-order valence-corrected chi connectivity index (χ1v) is 5.86. The third-order valence-electron chi connectivity index (χ3n) is 3.03. The van der Waals surface area contributed by atoms with E-state index in [0.717, 1.165) is 4.57 Å². The molecule has 20 heavy (non-hydrogen) atoms. The van der Waals surface area contributed by atoms with Crippen LogP contribution < -0.4 is 11.2 Å². The largest absolute Gasteiger partial charge is 0.458 e. The summed E-state index contributed by atoms with van der Waals surface area (Å²) < 4.78 is 7.61. The van der Waals surface area contributed by atoms with E-state index >= 15 is 0 Å². The summed E-state index contributed by atoms with van der Waals surface area (Å²) in [6, 6.07) is 3.46. The van der Waals surface area contributed by atoms with Crippen LogP contribution in [0, 0.1) is 6.92 Å². The molecule has 0 aliphatic rings. The van der Waals surface area contributed by atoms with Gasteiger partial charge in [0.1, 0.15) is 5.76 Å². The molecule has 0 spiro atoms. The second-order valence-electron chi connectivity index (χ2n) is 4.42. The van der Waals surface area contributed by atoms with E-state index in [9.17, 15) is 9.59 Å². The summed E-state index contributed by atoms with van der Waals surface area (Å²) in [5.41, 5.74) is -0.762. The van der Waals surface area contributed by atoms with Gasteiger partial charge in [-0.2, -0.15) is 0 Å². The molecule has 102 valence electrons. The lowest BCUT2D eigenvalue weighted by atomic mass is 10.4. The van der Waals surface area contributed by atoms with Crippen LogP contribution >= 0.6 is 0 Å². The Hall–Kier alpha value is -2.77. The molecule has 0 saturated heterocycles. The predicted octanol–water partition coefficient (Wildman–Crippen LogP) is -0.00938. The highest BCUT2D eigenvalue weighted by atomic mass is 16.3. The highest BCUT2D eigenvalue weighted by molar-refractivity contribution is 5.70. The van der Waals surface area contributed by atoms with E-state index in [0.29, 0.717) is 11.5 Å². The van der Waals surface area contributed by atoms with E-state index in [2.05, 4.69) is 15.2 Å². The number of nitrogens with zero attached hydrogens (tertiary/aromatic N) is 5. The van der Waals surface area contributed by atoms with Crippen LogP contribution in [0.15, 0.2) is 26.1 Å². The molecule has 0 fully saturated rings. The van der Waals surface area contributed by atoms with E-state index in [1.54, 1.807) is 19.1 Å². The van der Waals surface area contributed by atoms with E-state index < -0.39 is 11.2 Å². The molecule has 0 amide bonds. The van der Waals surface area contributed by atoms with Gasteiger partial charge in [0, 0.05) is 14.1 Å². The molecule has 3 rings (SSSR count). The van der Waals surface area contributed by atoms with E-state index in [1.807, 2.05) is 0 Å². The lowest BCUT2D eigenvalue weighted by Crippen LogP contribution is -2.37. The number of aryl methyl sites for hydroxylation is 2. The fourth-order valence-electron chi connectivity index (χ4n) is 1.91. The predicted molar refractivity (Wildman–Crippen MR) is 70.3 cm³/mol. The van der Waals surface area contributed by atoms with Crippen LogP contribution in [0.3, 0.4) is 0 Å². The molecule has 3 heterocycles. The minimum absolute atomic E-state index is 0.0775. The Bertz CT molecular complexity index is 934. The van der Waals surface area contributed by atoms with Gasteiger partial charge in [-0.25, -0.2) is 9.78 Å². The lowest BCUT2D eigenvalue weighted by Gasteiger charge is -2.05. The van der Waals surface area contributed by atoms with Crippen LogP contribution in [0.1, 0.15) is 5.76 Å². The Balaban J connectivity index is 2.37. The molecule has 0 aromatic carbocycles. The van der Waals surface area contributed by atoms with Gasteiger partial charge in [0.05, 0.1) is 0 Å². The van der Waals surface area contributed by atoms with Gasteiger partial charge in [-0.05, 0) is 19.1 Å². The monoisotopic (exact) mass is 273 g/mol. The van der Waals surface area contributed by atoms with Crippen molar-refractivity contribution in [2.45, 2.75) is 6.92 Å². The van der Waals surface area contributed by atoms with Crippen LogP contribution in [0.25, 0.3) is 22.7 Å². The number of rotatable bonds is 1. The average Bonchev–Trinajstić information content (AvgIpc) is 2.89. The first kappa shape index (κ1) is 12.3. The van der Waals surface area contributed by atoms with Crippen molar-refractivity contribution in [2.24, 2.45) is 14.1 Å². The van der Waals surface area contributed by atoms with E-state index in [1.165, 1.54) is 18.7 Å². The summed E-state index contributed by atoms with van der Waals surface area (Å²) in [5.74, 6) is 1.34. The van der Waals surface area contributed by atoms with Crippen molar-refractivity contribution in [3.63, 3.8) is 0 Å². The number of fused-ring (bicyclic) bond motifs is 1. The molecule has 0 radical (unpaired) electrons. The lowest BCUT2D eigenvalue weighted by molar-refractivity contribution is 0.543. The van der Waals surface area contributed by atoms with Crippen LogP contribution in [0.5, 0.6) is 0 Å². The summed E-state index contributed by atoms with van der Waals surface area (Å²) >= 11 is 0. The summed E-state index contributed by atoms with van der Waals surface area (Å²) in [4.78, 5) is 28.0. The van der Waals surface area contributed by atoms with Gasteiger partial charge in [-0.1, -0.05) is 0 Å². The zero-order chi connectivity index (χ0) is 14.4. The number of furan rings is 1. The molecule has 3 aromatic rings. The normalized spacial score (nSPS) is 11.2. The Morgan fingerprint density at radius 1 is 1.10 bits per heavy atom. The smallest absolute Gasteiger partial charge is 0.332 e. The van der Waals surface area contributed by atoms with Crippen LogP contribution in [0.2, 0.25) is 0 Å². The first-order chi connectivity index (χ1) is 9.49. The first-order valence-electron chi connectivity index (χ1n) is 5.86. The fraction of sp³-hybridized carbons (Fsp3) is 0.250. The van der Waals surface area contributed by atoms with Crippen molar-refractivity contribution in [3.05, 3.63) is 38.7 Å². The number of hydrogen-bond donors (Lipinski definition) is 0. The van der Waals surface area contributed by atoms with Crippen LogP contribution in [0.4, 0.5) is 0 Å². The van der Waals surface area contributed by atoms with Gasteiger partial charge in [0.2, 0.25) is 5.82 Å². The van der Waals surface area contributed by atoms with Crippen molar-refractivity contribution < 1.29 is 4.42 Å². The third-order valence-corrected chi connectivity index (χ3v) is 3.03. The molecular formula is C12H11N5O3. The Morgan fingerprint density at radius 3 is 2.50 bits per heavy atom. The SMILES string of the molecule is Cc1ccc(-c2nnc3c(n2)c(=O)n(C)c(=O)n3C)o1. The highest BCUT2D eigenvalue weighted by Gasteiger charge is 2.14. The second kappa shape index (κ2) is 4.12. The minimum Gasteiger partial charge on any atom is -0.458 e. The minimum atomic E-state index is -0.512. The zero-order valence-corrected chi connectivity index (χ0v) is 11.1. The molecular weight excluding hydrogens is 262 g/mol. The molecule has 3 aromatic heterocycles. The fourth-order valence-corrected chi connectivity index (χ4v) is 1.91. The zero-order valence-electron chi connectivity index (χ0n) is 11.1. The van der Waals surface area contributed by atoms with Gasteiger partial charge >= 0.3 is 5.69 Å². The van der Waals surface area contributed by atoms with Crippen molar-refractivity contribution in [1.29, 1.82) is 0 Å². The van der Waals surface area contributed by atoms with Gasteiger partial charge in [-0.3, -0.25) is 13.9 Å². The molecule has 0 unspecified atom stereocenters. The van der Waals surface area contributed by atoms with Crippen molar-refractivity contribution in [3.8, 4) is 11.6 Å². The summed E-state index contributed by atoms with van der Waals surface area (Å²) in [7, 11) is 2.90. The third kappa shape index (κ3) is 1.65. The van der Waals surface area contributed by atoms with Gasteiger partial charge in [0.25, 0.3) is 5.56 Å². The number of aromatic nitrogens is 5. The highest BCUT2D eigenvalue weighted by Crippen LogP contribution is 2.17. The standard InChI is InChI=1S/C12H11N5O3/c1-6-4-5-7(20-6)9-13-8-10(15-14-9)16(2)12(19)17(3)11(8)18/h4-5H,1-3H3. The molecule has 0 atom stereocenters. The maximum Gasteiger partial charge on any atom is 0.332 e. The van der Waals surface area contributed by atoms with Gasteiger partial charge in [0.15, 0.2) is 16.9 Å². The Kier molecular flexibility index (Phi) is 2.53. The molecule has 0 bridgehead atoms. The quantitative estimate of drug-likeness (QED) is 0.618. The topological polar surface area (TPSA) is 95.8 Å². The molecule has 0 aliphatic carbocycles. The van der Waals surface area contributed by atoms with Gasteiger partial charge in [-0.15, -0.1) is 10.2 Å². The summed E-state index contributed by atoms with van der Waals surface area (Å²) in [6.45, 7) is 1.79. The molecule has 0 aliphatic heterocycles. The van der Waals surface area contributed by atoms with Gasteiger partial charge < -0.3 is 4.42 Å². The molecule has 8 heteroatoms.